The van der Waals surface area contributed by atoms with Crippen LogP contribution >= 0.6 is 0 Å². The van der Waals surface area contributed by atoms with Gasteiger partial charge in [-0.2, -0.15) is 0 Å². The molecule has 4 N–H and O–H groups in total. The monoisotopic (exact) mass is 200 g/mol. The van der Waals surface area contributed by atoms with Crippen LogP contribution in [0.5, 0.6) is 0 Å². The van der Waals surface area contributed by atoms with Gasteiger partial charge in [-0.05, 0) is 0 Å². The van der Waals surface area contributed by atoms with Crippen LogP contribution in [0.4, 0.5) is 0 Å². The first-order valence-electron chi connectivity index (χ1n) is 5.18. The lowest BCUT2D eigenvalue weighted by molar-refractivity contribution is 0.354. The van der Waals surface area contributed by atoms with Crippen LogP contribution in [-0.2, 0) is 0 Å². The van der Waals surface area contributed by atoms with E-state index >= 15 is 0 Å². The summed E-state index contributed by atoms with van der Waals surface area (Å²) in [5, 5.41) is 18.8. The number of aliphatic imine (C=N–C) groups is 1. The quantitative estimate of drug-likeness (QED) is 0.403. The summed E-state index contributed by atoms with van der Waals surface area (Å²) in [4.78, 5) is 4.30. The maximum absolute atomic E-state index is 8.99. The molecule has 0 saturated carbocycles. The van der Waals surface area contributed by atoms with Crippen LogP contribution in [0.15, 0.2) is 4.99 Å². The van der Waals surface area contributed by atoms with Gasteiger partial charge >= 0.3 is 0 Å². The highest BCUT2D eigenvalue weighted by Gasteiger charge is 1.97. The molecule has 1 aliphatic rings. The predicted molar refractivity (Wildman–Crippen MR) is 58.0 cm³/mol. The Bertz CT molecular complexity index is 172. The maximum Gasteiger partial charge on any atom is 0.0822 e. The summed E-state index contributed by atoms with van der Waals surface area (Å²) >= 11 is 0. The summed E-state index contributed by atoms with van der Waals surface area (Å²) in [7, 11) is 0. The summed E-state index contributed by atoms with van der Waals surface area (Å²) in [5.41, 5.74) is 0.840. The van der Waals surface area contributed by atoms with Crippen molar-refractivity contribution in [1.82, 2.24) is 16.0 Å². The molecule has 0 atom stereocenters. The molecule has 0 aromatic carbocycles. The lowest BCUT2D eigenvalue weighted by atomic mass is 10.3. The summed E-state index contributed by atoms with van der Waals surface area (Å²) in [5.74, 6) is 0. The SMILES string of the molecule is OCC1=NCCNCCNCCNC1. The van der Waals surface area contributed by atoms with Crippen molar-refractivity contribution in [3.63, 3.8) is 0 Å². The van der Waals surface area contributed by atoms with Crippen molar-refractivity contribution < 1.29 is 5.11 Å². The topological polar surface area (TPSA) is 68.7 Å². The van der Waals surface area contributed by atoms with Gasteiger partial charge in [0, 0.05) is 39.3 Å². The number of aliphatic hydroxyl groups is 1. The van der Waals surface area contributed by atoms with E-state index < -0.39 is 0 Å². The molecule has 0 spiro atoms. The second-order valence-corrected chi connectivity index (χ2v) is 3.28. The molecule has 0 bridgehead atoms. The van der Waals surface area contributed by atoms with Crippen LogP contribution in [0.25, 0.3) is 0 Å². The Hall–Kier alpha value is -0.490. The molecular formula is C9H20N4O. The van der Waals surface area contributed by atoms with Crippen molar-refractivity contribution in [3.8, 4) is 0 Å². The highest BCUT2D eigenvalue weighted by Crippen LogP contribution is 1.78. The molecule has 0 aromatic heterocycles. The number of rotatable bonds is 1. The smallest absolute Gasteiger partial charge is 0.0822 e. The third-order valence-corrected chi connectivity index (χ3v) is 2.09. The molecule has 0 aromatic rings. The van der Waals surface area contributed by atoms with E-state index in [0.717, 1.165) is 45.0 Å². The van der Waals surface area contributed by atoms with Gasteiger partial charge in [-0.15, -0.1) is 0 Å². The molecule has 14 heavy (non-hydrogen) atoms. The minimum Gasteiger partial charge on any atom is -0.390 e. The number of nitrogens with one attached hydrogen (secondary N) is 3. The van der Waals surface area contributed by atoms with E-state index in [9.17, 15) is 0 Å². The zero-order valence-corrected chi connectivity index (χ0v) is 8.55. The van der Waals surface area contributed by atoms with Gasteiger partial charge in [-0.1, -0.05) is 0 Å². The van der Waals surface area contributed by atoms with Gasteiger partial charge < -0.3 is 21.1 Å². The zero-order valence-electron chi connectivity index (χ0n) is 8.55. The van der Waals surface area contributed by atoms with Crippen molar-refractivity contribution in [3.05, 3.63) is 0 Å². The number of hydrogen-bond donors (Lipinski definition) is 4. The van der Waals surface area contributed by atoms with Gasteiger partial charge in [0.15, 0.2) is 0 Å². The number of hydrogen-bond acceptors (Lipinski definition) is 5. The molecule has 0 saturated heterocycles. The van der Waals surface area contributed by atoms with Gasteiger partial charge in [0.2, 0.25) is 0 Å². The lowest BCUT2D eigenvalue weighted by Crippen LogP contribution is -2.36. The number of nitrogens with zero attached hydrogens (tertiary/aromatic N) is 1. The van der Waals surface area contributed by atoms with E-state index in [1.165, 1.54) is 0 Å². The summed E-state index contributed by atoms with van der Waals surface area (Å²) in [6, 6.07) is 0. The molecule has 1 aliphatic heterocycles. The fraction of sp³-hybridized carbons (Fsp3) is 0.889. The van der Waals surface area contributed by atoms with Crippen molar-refractivity contribution in [2.45, 2.75) is 0 Å². The Morgan fingerprint density at radius 1 is 1.00 bits per heavy atom. The van der Waals surface area contributed by atoms with Gasteiger partial charge in [0.05, 0.1) is 18.9 Å². The van der Waals surface area contributed by atoms with E-state index in [1.54, 1.807) is 0 Å². The zero-order chi connectivity index (χ0) is 10.1. The van der Waals surface area contributed by atoms with E-state index in [4.69, 9.17) is 5.11 Å². The molecule has 0 fully saturated rings. The molecule has 0 unspecified atom stereocenters. The van der Waals surface area contributed by atoms with E-state index in [0.29, 0.717) is 6.54 Å². The van der Waals surface area contributed by atoms with E-state index in [-0.39, 0.29) is 6.61 Å². The molecule has 5 heteroatoms. The van der Waals surface area contributed by atoms with Crippen molar-refractivity contribution in [2.24, 2.45) is 4.99 Å². The number of aliphatic hydroxyl groups excluding tert-OH is 1. The van der Waals surface area contributed by atoms with Crippen molar-refractivity contribution in [1.29, 1.82) is 0 Å². The molecule has 82 valence electrons. The van der Waals surface area contributed by atoms with Crippen LogP contribution in [-0.4, -0.2) is 63.2 Å². The second kappa shape index (κ2) is 7.87. The second-order valence-electron chi connectivity index (χ2n) is 3.28. The average molecular weight is 200 g/mol. The minimum absolute atomic E-state index is 0.0560. The molecule has 1 rings (SSSR count). The minimum atomic E-state index is 0.0560. The maximum atomic E-state index is 8.99. The molecule has 0 aliphatic carbocycles. The average Bonchev–Trinajstić information content (AvgIpc) is 2.19. The Balaban J connectivity index is 2.29. The van der Waals surface area contributed by atoms with Gasteiger partial charge in [-0.25, -0.2) is 0 Å². The summed E-state index contributed by atoms with van der Waals surface area (Å²) < 4.78 is 0. The van der Waals surface area contributed by atoms with Crippen LogP contribution in [0, 0.1) is 0 Å². The fourth-order valence-corrected chi connectivity index (χ4v) is 1.29. The van der Waals surface area contributed by atoms with Crippen LogP contribution in [0.2, 0.25) is 0 Å². The summed E-state index contributed by atoms with van der Waals surface area (Å²) in [6.45, 7) is 6.23. The van der Waals surface area contributed by atoms with Crippen molar-refractivity contribution in [2.75, 3.05) is 52.4 Å². The highest BCUT2D eigenvalue weighted by molar-refractivity contribution is 5.87. The Labute approximate surface area is 85.0 Å². The van der Waals surface area contributed by atoms with Gasteiger partial charge in [0.25, 0.3) is 0 Å². The van der Waals surface area contributed by atoms with Gasteiger partial charge in [-0.3, -0.25) is 4.99 Å². The first-order chi connectivity index (χ1) is 6.93. The highest BCUT2D eigenvalue weighted by atomic mass is 16.3. The molecule has 1 heterocycles. The van der Waals surface area contributed by atoms with E-state index in [1.807, 2.05) is 0 Å². The Morgan fingerprint density at radius 3 is 2.36 bits per heavy atom. The third-order valence-electron chi connectivity index (χ3n) is 2.09. The fourth-order valence-electron chi connectivity index (χ4n) is 1.29. The predicted octanol–water partition coefficient (Wildman–Crippen LogP) is -1.80. The normalized spacial score (nSPS) is 21.9. The van der Waals surface area contributed by atoms with Crippen molar-refractivity contribution >= 4 is 5.71 Å². The van der Waals surface area contributed by atoms with Crippen LogP contribution in [0.3, 0.4) is 0 Å². The van der Waals surface area contributed by atoms with Gasteiger partial charge in [0.1, 0.15) is 0 Å². The molecule has 0 amide bonds. The Morgan fingerprint density at radius 2 is 1.64 bits per heavy atom. The first-order valence-corrected chi connectivity index (χ1v) is 5.18. The molecular weight excluding hydrogens is 180 g/mol. The largest absolute Gasteiger partial charge is 0.390 e. The lowest BCUT2D eigenvalue weighted by Gasteiger charge is -2.10. The molecule has 0 radical (unpaired) electrons. The molecule has 5 nitrogen and oxygen atoms in total. The van der Waals surface area contributed by atoms with Crippen LogP contribution in [0.1, 0.15) is 0 Å². The first kappa shape index (κ1) is 11.6. The standard InChI is InChI=1S/C9H20N4O/c14-8-9-7-12-4-3-10-1-2-11-5-6-13-9/h10-12,14H,1-8H2. The summed E-state index contributed by atoms with van der Waals surface area (Å²) in [6.07, 6.45) is 0. The van der Waals surface area contributed by atoms with Crippen LogP contribution < -0.4 is 16.0 Å². The third kappa shape index (κ3) is 5.29. The Kier molecular flexibility index (Phi) is 6.51. The van der Waals surface area contributed by atoms with E-state index in [2.05, 4.69) is 20.9 Å².